The van der Waals surface area contributed by atoms with Gasteiger partial charge in [0.05, 0.1) is 5.69 Å². The fraction of sp³-hybridized carbons (Fsp3) is 0.444. The van der Waals surface area contributed by atoms with Gasteiger partial charge in [0, 0.05) is 16.4 Å². The van der Waals surface area contributed by atoms with E-state index in [-0.39, 0.29) is 11.8 Å². The minimum absolute atomic E-state index is 0.181. The van der Waals surface area contributed by atoms with Gasteiger partial charge >= 0.3 is 0 Å². The Labute approximate surface area is 134 Å². The Bertz CT molecular complexity index is 694. The van der Waals surface area contributed by atoms with E-state index in [9.17, 15) is 4.79 Å². The van der Waals surface area contributed by atoms with Crippen molar-refractivity contribution in [2.24, 2.45) is 17.8 Å². The molecule has 1 aromatic carbocycles. The van der Waals surface area contributed by atoms with Gasteiger partial charge in [0.15, 0.2) is 5.13 Å². The first-order chi connectivity index (χ1) is 10.7. The van der Waals surface area contributed by atoms with Gasteiger partial charge in [-0.15, -0.1) is 11.3 Å². The van der Waals surface area contributed by atoms with Crippen molar-refractivity contribution in [3.8, 4) is 11.3 Å². The highest BCUT2D eigenvalue weighted by atomic mass is 32.1. The van der Waals surface area contributed by atoms with Gasteiger partial charge < -0.3 is 5.32 Å². The molecule has 0 spiro atoms. The van der Waals surface area contributed by atoms with Crippen molar-refractivity contribution in [2.45, 2.75) is 32.6 Å². The summed E-state index contributed by atoms with van der Waals surface area (Å²) in [6, 6.07) is 10.2. The number of carbonyl (C=O) groups excluding carboxylic acids is 1. The second-order valence-corrected chi connectivity index (χ2v) is 7.76. The lowest BCUT2D eigenvalue weighted by molar-refractivity contribution is -0.121. The van der Waals surface area contributed by atoms with E-state index < -0.39 is 0 Å². The first-order valence-electron chi connectivity index (χ1n) is 8.04. The zero-order valence-electron chi connectivity index (χ0n) is 12.7. The fourth-order valence-electron chi connectivity index (χ4n) is 4.08. The standard InChI is InChI=1S/C18H20N2OS/c1-11-16(13-5-3-2-4-6-13)19-18(22-11)20-17(21)15-10-12-7-8-14(15)9-12/h2-6,12,14-15H,7-10H2,1H3,(H,19,20,21)/t12-,14-,15-/m1/s1. The van der Waals surface area contributed by atoms with Gasteiger partial charge in [0.2, 0.25) is 5.91 Å². The van der Waals surface area contributed by atoms with E-state index in [1.807, 2.05) is 18.2 Å². The number of hydrogen-bond donors (Lipinski definition) is 1. The van der Waals surface area contributed by atoms with E-state index in [1.165, 1.54) is 19.3 Å². The molecule has 1 N–H and O–H groups in total. The summed E-state index contributed by atoms with van der Waals surface area (Å²) in [7, 11) is 0. The summed E-state index contributed by atoms with van der Waals surface area (Å²) in [5.41, 5.74) is 2.09. The predicted octanol–water partition coefficient (Wildman–Crippen LogP) is 4.49. The summed E-state index contributed by atoms with van der Waals surface area (Å²) in [6.07, 6.45) is 4.88. The van der Waals surface area contributed by atoms with Crippen LogP contribution in [0.5, 0.6) is 0 Å². The molecule has 2 bridgehead atoms. The Hall–Kier alpha value is -1.68. The van der Waals surface area contributed by atoms with Gasteiger partial charge in [-0.1, -0.05) is 36.8 Å². The SMILES string of the molecule is Cc1sc(NC(=O)[C@@H]2C[C@@H]3CC[C@@H]2C3)nc1-c1ccccc1. The fourth-order valence-corrected chi connectivity index (χ4v) is 4.92. The lowest BCUT2D eigenvalue weighted by Gasteiger charge is -2.19. The Morgan fingerprint density at radius 2 is 2.05 bits per heavy atom. The average molecular weight is 312 g/mol. The third-order valence-electron chi connectivity index (χ3n) is 5.15. The molecular formula is C18H20N2OS. The van der Waals surface area contributed by atoms with Gasteiger partial charge in [-0.25, -0.2) is 4.98 Å². The number of aromatic nitrogens is 1. The van der Waals surface area contributed by atoms with E-state index in [0.717, 1.165) is 33.6 Å². The van der Waals surface area contributed by atoms with E-state index >= 15 is 0 Å². The monoisotopic (exact) mass is 312 g/mol. The first kappa shape index (κ1) is 13.9. The maximum atomic E-state index is 12.5. The third-order valence-corrected chi connectivity index (χ3v) is 6.04. The molecule has 2 aromatic rings. The van der Waals surface area contributed by atoms with Gasteiger partial charge in [0.1, 0.15) is 0 Å². The first-order valence-corrected chi connectivity index (χ1v) is 8.86. The number of thiazole rings is 1. The predicted molar refractivity (Wildman–Crippen MR) is 89.9 cm³/mol. The summed E-state index contributed by atoms with van der Waals surface area (Å²) in [5, 5.41) is 3.81. The molecule has 2 fully saturated rings. The molecule has 0 aliphatic heterocycles. The number of nitrogens with zero attached hydrogens (tertiary/aromatic N) is 1. The third kappa shape index (κ3) is 2.45. The number of rotatable bonds is 3. The summed E-state index contributed by atoms with van der Waals surface area (Å²) in [4.78, 5) is 18.3. The lowest BCUT2D eigenvalue weighted by atomic mass is 9.88. The minimum Gasteiger partial charge on any atom is -0.302 e. The molecule has 1 aromatic heterocycles. The molecule has 1 amide bonds. The molecule has 4 rings (SSSR count). The molecular weight excluding hydrogens is 292 g/mol. The van der Waals surface area contributed by atoms with Gasteiger partial charge in [-0.3, -0.25) is 4.79 Å². The number of nitrogens with one attached hydrogen (secondary N) is 1. The molecule has 4 heteroatoms. The topological polar surface area (TPSA) is 42.0 Å². The number of benzene rings is 1. The highest BCUT2D eigenvalue weighted by Crippen LogP contribution is 2.48. The number of carbonyl (C=O) groups is 1. The van der Waals surface area contributed by atoms with Gasteiger partial charge in [-0.2, -0.15) is 0 Å². The van der Waals surface area contributed by atoms with Crippen LogP contribution in [0.2, 0.25) is 0 Å². The van der Waals surface area contributed by atoms with Crippen molar-refractivity contribution in [3.63, 3.8) is 0 Å². The smallest absolute Gasteiger partial charge is 0.229 e. The molecule has 2 aliphatic rings. The quantitative estimate of drug-likeness (QED) is 0.907. The Morgan fingerprint density at radius 1 is 1.23 bits per heavy atom. The normalized spacial score (nSPS) is 26.3. The van der Waals surface area contributed by atoms with Crippen molar-refractivity contribution in [1.82, 2.24) is 4.98 Å². The van der Waals surface area contributed by atoms with E-state index in [0.29, 0.717) is 5.92 Å². The Morgan fingerprint density at radius 3 is 2.73 bits per heavy atom. The van der Waals surface area contributed by atoms with Crippen molar-refractivity contribution in [1.29, 1.82) is 0 Å². The Balaban J connectivity index is 1.51. The van der Waals surface area contributed by atoms with Crippen LogP contribution in [0.3, 0.4) is 0 Å². The van der Waals surface area contributed by atoms with E-state index in [2.05, 4.69) is 29.4 Å². The van der Waals surface area contributed by atoms with E-state index in [4.69, 9.17) is 0 Å². The molecule has 2 saturated carbocycles. The molecule has 0 unspecified atom stereocenters. The Kier molecular flexibility index (Phi) is 3.49. The number of fused-ring (bicyclic) bond motifs is 2. The van der Waals surface area contributed by atoms with Crippen LogP contribution in [0.15, 0.2) is 30.3 Å². The van der Waals surface area contributed by atoms with Crippen LogP contribution in [0.4, 0.5) is 5.13 Å². The largest absolute Gasteiger partial charge is 0.302 e. The van der Waals surface area contributed by atoms with Crippen LogP contribution in [0.1, 0.15) is 30.6 Å². The van der Waals surface area contributed by atoms with Crippen molar-refractivity contribution >= 4 is 22.4 Å². The minimum atomic E-state index is 0.181. The maximum absolute atomic E-state index is 12.5. The van der Waals surface area contributed by atoms with Crippen LogP contribution in [0.25, 0.3) is 11.3 Å². The molecule has 0 radical (unpaired) electrons. The lowest BCUT2D eigenvalue weighted by Crippen LogP contribution is -2.27. The molecule has 3 atom stereocenters. The van der Waals surface area contributed by atoms with Crippen LogP contribution in [-0.4, -0.2) is 10.9 Å². The van der Waals surface area contributed by atoms with Crippen LogP contribution in [0, 0.1) is 24.7 Å². The van der Waals surface area contributed by atoms with Crippen molar-refractivity contribution in [3.05, 3.63) is 35.2 Å². The van der Waals surface area contributed by atoms with Crippen molar-refractivity contribution < 1.29 is 4.79 Å². The number of anilines is 1. The van der Waals surface area contributed by atoms with Gasteiger partial charge in [-0.05, 0) is 38.0 Å². The highest BCUT2D eigenvalue weighted by molar-refractivity contribution is 7.16. The average Bonchev–Trinajstić information content (AvgIpc) is 3.23. The summed E-state index contributed by atoms with van der Waals surface area (Å²) < 4.78 is 0. The summed E-state index contributed by atoms with van der Waals surface area (Å²) in [5.74, 6) is 1.79. The molecule has 1 heterocycles. The molecule has 3 nitrogen and oxygen atoms in total. The van der Waals surface area contributed by atoms with Crippen LogP contribution in [-0.2, 0) is 4.79 Å². The highest BCUT2D eigenvalue weighted by Gasteiger charge is 2.43. The second-order valence-electron chi connectivity index (χ2n) is 6.56. The zero-order chi connectivity index (χ0) is 15.1. The zero-order valence-corrected chi connectivity index (χ0v) is 13.5. The summed E-state index contributed by atoms with van der Waals surface area (Å²) in [6.45, 7) is 2.06. The molecule has 22 heavy (non-hydrogen) atoms. The van der Waals surface area contributed by atoms with Crippen LogP contribution >= 0.6 is 11.3 Å². The number of aryl methyl sites for hydroxylation is 1. The number of amides is 1. The molecule has 2 aliphatic carbocycles. The molecule has 114 valence electrons. The van der Waals surface area contributed by atoms with Crippen molar-refractivity contribution in [2.75, 3.05) is 5.32 Å². The van der Waals surface area contributed by atoms with Crippen LogP contribution < -0.4 is 5.32 Å². The number of hydrogen-bond acceptors (Lipinski definition) is 3. The second kappa shape index (κ2) is 5.51. The van der Waals surface area contributed by atoms with Gasteiger partial charge in [0.25, 0.3) is 0 Å². The summed E-state index contributed by atoms with van der Waals surface area (Å²) >= 11 is 1.57. The molecule has 0 saturated heterocycles. The maximum Gasteiger partial charge on any atom is 0.229 e. The van der Waals surface area contributed by atoms with E-state index in [1.54, 1.807) is 11.3 Å².